The predicted octanol–water partition coefficient (Wildman–Crippen LogP) is 1.54. The largest absolute Gasteiger partial charge is 0.466 e. The third-order valence-electron chi connectivity index (χ3n) is 2.20. The number of anilines is 2. The number of benzene rings is 1. The summed E-state index contributed by atoms with van der Waals surface area (Å²) in [6.07, 6.45) is 0.139. The average molecular weight is 253 g/mol. The van der Waals surface area contributed by atoms with Crippen LogP contribution in [0.2, 0.25) is 0 Å². The standard InChI is InChI=1S/C11H15N3O4/c1-2-18-10(15)6-7-13-9-5-3-4-8(12)11(9)14(16)17/h3-5,13H,2,6-7,12H2,1H3. The highest BCUT2D eigenvalue weighted by Crippen LogP contribution is 2.30. The van der Waals surface area contributed by atoms with Crippen LogP contribution >= 0.6 is 0 Å². The highest BCUT2D eigenvalue weighted by Gasteiger charge is 2.17. The Bertz CT molecular complexity index is 448. The maximum Gasteiger partial charge on any atom is 0.314 e. The molecule has 0 spiro atoms. The van der Waals surface area contributed by atoms with Crippen LogP contribution in [-0.2, 0) is 9.53 Å². The molecule has 0 aromatic heterocycles. The summed E-state index contributed by atoms with van der Waals surface area (Å²) < 4.78 is 4.74. The van der Waals surface area contributed by atoms with Crippen molar-refractivity contribution in [3.05, 3.63) is 28.3 Å². The fourth-order valence-corrected chi connectivity index (χ4v) is 1.44. The van der Waals surface area contributed by atoms with Gasteiger partial charge in [-0.3, -0.25) is 14.9 Å². The summed E-state index contributed by atoms with van der Waals surface area (Å²) in [6.45, 7) is 2.29. The van der Waals surface area contributed by atoms with Crippen LogP contribution in [0.4, 0.5) is 17.1 Å². The molecule has 0 bridgehead atoms. The molecule has 98 valence electrons. The quantitative estimate of drug-likeness (QED) is 0.344. The number of carbonyl (C=O) groups is 1. The molecule has 3 N–H and O–H groups in total. The van der Waals surface area contributed by atoms with Gasteiger partial charge in [-0.05, 0) is 19.1 Å². The molecule has 0 saturated heterocycles. The average Bonchev–Trinajstić information content (AvgIpc) is 2.28. The molecule has 0 heterocycles. The SMILES string of the molecule is CCOC(=O)CCNc1cccc(N)c1[N+](=O)[O-]. The van der Waals surface area contributed by atoms with E-state index in [2.05, 4.69) is 5.32 Å². The van der Waals surface area contributed by atoms with Crippen molar-refractivity contribution >= 4 is 23.0 Å². The first-order valence-electron chi connectivity index (χ1n) is 5.48. The number of nitrogens with two attached hydrogens (primary N) is 1. The van der Waals surface area contributed by atoms with Crippen LogP contribution in [0.3, 0.4) is 0 Å². The highest BCUT2D eigenvalue weighted by atomic mass is 16.6. The Hall–Kier alpha value is -2.31. The van der Waals surface area contributed by atoms with Gasteiger partial charge >= 0.3 is 11.7 Å². The zero-order chi connectivity index (χ0) is 13.5. The number of nitro groups is 1. The van der Waals surface area contributed by atoms with Gasteiger partial charge in [-0.1, -0.05) is 6.07 Å². The lowest BCUT2D eigenvalue weighted by atomic mass is 10.2. The number of nitrogens with one attached hydrogen (secondary N) is 1. The van der Waals surface area contributed by atoms with Gasteiger partial charge in [0.2, 0.25) is 0 Å². The van der Waals surface area contributed by atoms with Crippen LogP contribution < -0.4 is 11.1 Å². The van der Waals surface area contributed by atoms with Gasteiger partial charge in [0.25, 0.3) is 0 Å². The third kappa shape index (κ3) is 3.62. The molecule has 0 fully saturated rings. The Balaban J connectivity index is 2.65. The van der Waals surface area contributed by atoms with Crippen molar-refractivity contribution < 1.29 is 14.5 Å². The summed E-state index contributed by atoms with van der Waals surface area (Å²) in [5.74, 6) is -0.350. The molecule has 1 aromatic rings. The van der Waals surface area contributed by atoms with E-state index < -0.39 is 4.92 Å². The molecule has 0 saturated carbocycles. The van der Waals surface area contributed by atoms with Gasteiger partial charge in [-0.15, -0.1) is 0 Å². The van der Waals surface area contributed by atoms with Crippen molar-refractivity contribution in [1.29, 1.82) is 0 Å². The molecule has 0 atom stereocenters. The van der Waals surface area contributed by atoms with Crippen molar-refractivity contribution in [2.45, 2.75) is 13.3 Å². The number of para-hydroxylation sites is 1. The first kappa shape index (κ1) is 13.8. The molecule has 0 radical (unpaired) electrons. The van der Waals surface area contributed by atoms with Crippen LogP contribution in [0.15, 0.2) is 18.2 Å². The number of esters is 1. The van der Waals surface area contributed by atoms with Gasteiger partial charge in [0.05, 0.1) is 18.0 Å². The molecule has 1 aromatic carbocycles. The number of rotatable bonds is 6. The smallest absolute Gasteiger partial charge is 0.314 e. The Morgan fingerprint density at radius 1 is 1.56 bits per heavy atom. The van der Waals surface area contributed by atoms with E-state index in [1.165, 1.54) is 6.07 Å². The minimum absolute atomic E-state index is 0.0844. The van der Waals surface area contributed by atoms with E-state index in [0.29, 0.717) is 12.3 Å². The number of hydrogen-bond donors (Lipinski definition) is 2. The fraction of sp³-hybridized carbons (Fsp3) is 0.364. The van der Waals surface area contributed by atoms with Gasteiger partial charge in [0, 0.05) is 6.54 Å². The molecule has 0 aliphatic heterocycles. The van der Waals surface area contributed by atoms with Gasteiger partial charge in [0.1, 0.15) is 11.4 Å². The number of hydrogen-bond acceptors (Lipinski definition) is 6. The Labute approximate surface area is 104 Å². The molecule has 0 amide bonds. The third-order valence-corrected chi connectivity index (χ3v) is 2.20. The molecule has 7 heteroatoms. The molecule has 7 nitrogen and oxygen atoms in total. The monoisotopic (exact) mass is 253 g/mol. The van der Waals surface area contributed by atoms with Crippen LogP contribution in [0.1, 0.15) is 13.3 Å². The molecule has 0 aliphatic rings. The van der Waals surface area contributed by atoms with Crippen molar-refractivity contribution in [3.63, 3.8) is 0 Å². The molecular weight excluding hydrogens is 238 g/mol. The van der Waals surface area contributed by atoms with Gasteiger partial charge in [-0.2, -0.15) is 0 Å². The normalized spacial score (nSPS) is 9.83. The molecule has 0 unspecified atom stereocenters. The minimum atomic E-state index is -0.554. The Morgan fingerprint density at radius 3 is 2.89 bits per heavy atom. The van der Waals surface area contributed by atoms with Crippen LogP contribution in [0, 0.1) is 10.1 Å². The summed E-state index contributed by atoms with van der Waals surface area (Å²) >= 11 is 0. The minimum Gasteiger partial charge on any atom is -0.466 e. The zero-order valence-corrected chi connectivity index (χ0v) is 10.0. The van der Waals surface area contributed by atoms with Crippen molar-refractivity contribution in [2.24, 2.45) is 0 Å². The highest BCUT2D eigenvalue weighted by molar-refractivity contribution is 5.75. The number of nitrogen functional groups attached to an aromatic ring is 1. The van der Waals surface area contributed by atoms with Crippen molar-refractivity contribution in [1.82, 2.24) is 0 Å². The summed E-state index contributed by atoms with van der Waals surface area (Å²) in [4.78, 5) is 21.4. The first-order chi connectivity index (χ1) is 8.56. The van der Waals surface area contributed by atoms with Gasteiger partial charge in [-0.25, -0.2) is 0 Å². The van der Waals surface area contributed by atoms with E-state index in [0.717, 1.165) is 0 Å². The van der Waals surface area contributed by atoms with E-state index in [-0.39, 0.29) is 30.3 Å². The maximum absolute atomic E-state index is 11.1. The lowest BCUT2D eigenvalue weighted by Gasteiger charge is -2.07. The second-order valence-corrected chi connectivity index (χ2v) is 3.48. The number of nitro benzene ring substituents is 1. The number of carbonyl (C=O) groups excluding carboxylic acids is 1. The van der Waals surface area contributed by atoms with Crippen molar-refractivity contribution in [3.8, 4) is 0 Å². The Morgan fingerprint density at radius 2 is 2.28 bits per heavy atom. The summed E-state index contributed by atoms with van der Waals surface area (Å²) in [5.41, 5.74) is 5.73. The molecule has 18 heavy (non-hydrogen) atoms. The molecule has 1 rings (SSSR count). The first-order valence-corrected chi connectivity index (χ1v) is 5.48. The zero-order valence-electron chi connectivity index (χ0n) is 10.0. The molecule has 0 aliphatic carbocycles. The number of ether oxygens (including phenoxy) is 1. The van der Waals surface area contributed by atoms with Gasteiger partial charge < -0.3 is 15.8 Å². The molecular formula is C11H15N3O4. The summed E-state index contributed by atoms with van der Waals surface area (Å²) in [7, 11) is 0. The summed E-state index contributed by atoms with van der Waals surface area (Å²) in [6, 6.07) is 4.60. The fourth-order valence-electron chi connectivity index (χ4n) is 1.44. The van der Waals surface area contributed by atoms with E-state index in [1.807, 2.05) is 0 Å². The van der Waals surface area contributed by atoms with E-state index in [1.54, 1.807) is 19.1 Å². The van der Waals surface area contributed by atoms with Gasteiger partial charge in [0.15, 0.2) is 0 Å². The summed E-state index contributed by atoms with van der Waals surface area (Å²) in [5, 5.41) is 13.6. The van der Waals surface area contributed by atoms with Crippen LogP contribution in [0.5, 0.6) is 0 Å². The van der Waals surface area contributed by atoms with Crippen molar-refractivity contribution in [2.75, 3.05) is 24.2 Å². The lowest BCUT2D eigenvalue weighted by molar-refractivity contribution is -0.383. The second kappa shape index (κ2) is 6.43. The van der Waals surface area contributed by atoms with E-state index in [4.69, 9.17) is 10.5 Å². The Kier molecular flexibility index (Phi) is 4.91. The van der Waals surface area contributed by atoms with Crippen LogP contribution in [0.25, 0.3) is 0 Å². The topological polar surface area (TPSA) is 107 Å². The van der Waals surface area contributed by atoms with E-state index >= 15 is 0 Å². The predicted molar refractivity (Wildman–Crippen MR) is 67.2 cm³/mol. The lowest BCUT2D eigenvalue weighted by Crippen LogP contribution is -2.12. The second-order valence-electron chi connectivity index (χ2n) is 3.48. The number of nitrogens with zero attached hydrogens (tertiary/aromatic N) is 1. The maximum atomic E-state index is 11.1. The van der Waals surface area contributed by atoms with E-state index in [9.17, 15) is 14.9 Å². The van der Waals surface area contributed by atoms with Crippen LogP contribution in [-0.4, -0.2) is 24.0 Å².